The zero-order valence-electron chi connectivity index (χ0n) is 11.0. The largest absolute Gasteiger partial charge is 0.463 e. The molecule has 0 spiro atoms. The van der Waals surface area contributed by atoms with Gasteiger partial charge in [0.05, 0.1) is 23.9 Å². The summed E-state index contributed by atoms with van der Waals surface area (Å²) >= 11 is 2.94. The maximum absolute atomic E-state index is 13.9. The number of carbonyl (C=O) groups is 1. The Bertz CT molecular complexity index is 678. The van der Waals surface area contributed by atoms with Crippen LogP contribution in [-0.2, 0) is 4.74 Å². The van der Waals surface area contributed by atoms with Crippen LogP contribution in [0.25, 0.3) is 0 Å². The van der Waals surface area contributed by atoms with Gasteiger partial charge in [-0.25, -0.2) is 13.6 Å². The van der Waals surface area contributed by atoms with Gasteiger partial charge in [0.2, 0.25) is 0 Å². The molecule has 1 N–H and O–H groups in total. The van der Waals surface area contributed by atoms with E-state index in [1.54, 1.807) is 0 Å². The molecule has 0 aliphatic carbocycles. The van der Waals surface area contributed by atoms with E-state index in [-0.39, 0.29) is 15.7 Å². The quantitative estimate of drug-likeness (QED) is 0.851. The molecule has 1 unspecified atom stereocenters. The molecule has 0 aliphatic heterocycles. The highest BCUT2D eigenvalue weighted by Crippen LogP contribution is 2.32. The van der Waals surface area contributed by atoms with Gasteiger partial charge >= 0.3 is 5.97 Å². The lowest BCUT2D eigenvalue weighted by Gasteiger charge is -2.13. The Balaban J connectivity index is 2.58. The molecule has 0 bridgehead atoms. The van der Waals surface area contributed by atoms with E-state index in [1.807, 2.05) is 0 Å². The maximum Gasteiger partial charge on any atom is 0.377 e. The summed E-state index contributed by atoms with van der Waals surface area (Å²) in [6.45, 7) is 1.43. The monoisotopic (exact) mass is 361 g/mol. The fourth-order valence-corrected chi connectivity index (χ4v) is 2.30. The zero-order valence-corrected chi connectivity index (χ0v) is 12.6. The topological polar surface area (TPSA) is 72.6 Å². The van der Waals surface area contributed by atoms with E-state index >= 15 is 0 Å². The molecule has 1 heterocycles. The molecule has 1 atom stereocenters. The summed E-state index contributed by atoms with van der Waals surface area (Å²) in [5.74, 6) is -3.23. The van der Waals surface area contributed by atoms with Crippen molar-refractivity contribution in [3.63, 3.8) is 0 Å². The first kappa shape index (κ1) is 15.6. The van der Waals surface area contributed by atoms with Gasteiger partial charge in [-0.3, -0.25) is 0 Å². The summed E-state index contributed by atoms with van der Waals surface area (Å²) in [7, 11) is 1.11. The Morgan fingerprint density at radius 1 is 1.38 bits per heavy atom. The van der Waals surface area contributed by atoms with Crippen molar-refractivity contribution in [2.24, 2.45) is 0 Å². The van der Waals surface area contributed by atoms with Crippen LogP contribution in [0.5, 0.6) is 0 Å². The summed E-state index contributed by atoms with van der Waals surface area (Å²) in [5.41, 5.74) is -0.610. The number of esters is 1. The molecule has 0 saturated heterocycles. The first-order valence-corrected chi connectivity index (χ1v) is 6.53. The second-order valence-corrected chi connectivity index (χ2v) is 5.10. The van der Waals surface area contributed by atoms with E-state index in [1.165, 1.54) is 6.92 Å². The van der Waals surface area contributed by atoms with E-state index in [0.717, 1.165) is 19.2 Å². The number of hydrogen-bond acceptors (Lipinski definition) is 5. The number of aliphatic hydroxyl groups excluding tert-OH is 1. The molecule has 112 valence electrons. The third-order valence-corrected chi connectivity index (χ3v) is 3.33. The van der Waals surface area contributed by atoms with E-state index in [0.29, 0.717) is 0 Å². The molecule has 0 amide bonds. The minimum atomic E-state index is -1.75. The number of hydrogen-bond donors (Lipinski definition) is 1. The second kappa shape index (κ2) is 5.90. The van der Waals surface area contributed by atoms with Crippen LogP contribution in [0.1, 0.15) is 33.5 Å². The number of rotatable bonds is 3. The number of carbonyl (C=O) groups excluding carboxylic acids is 1. The van der Waals surface area contributed by atoms with Crippen LogP contribution in [-0.4, -0.2) is 23.3 Å². The molecule has 0 fully saturated rings. The van der Waals surface area contributed by atoms with E-state index in [4.69, 9.17) is 4.52 Å². The van der Waals surface area contributed by atoms with E-state index < -0.39 is 35.0 Å². The molecule has 1 aromatic heterocycles. The van der Waals surface area contributed by atoms with Crippen LogP contribution < -0.4 is 0 Å². The van der Waals surface area contributed by atoms with Gasteiger partial charge in [0.1, 0.15) is 17.7 Å². The van der Waals surface area contributed by atoms with Crippen molar-refractivity contribution in [2.75, 3.05) is 7.11 Å². The lowest BCUT2D eigenvalue weighted by molar-refractivity contribution is 0.0547. The molecule has 5 nitrogen and oxygen atoms in total. The molecule has 0 aliphatic rings. The molecule has 1 aromatic carbocycles. The molecular formula is C13H10BrF2NO4. The minimum Gasteiger partial charge on any atom is -0.463 e. The van der Waals surface area contributed by atoms with Crippen LogP contribution in [0.2, 0.25) is 0 Å². The maximum atomic E-state index is 13.9. The van der Waals surface area contributed by atoms with Gasteiger partial charge in [-0.05, 0) is 19.1 Å². The second-order valence-electron chi connectivity index (χ2n) is 4.19. The standard InChI is InChI=1S/C13H10BrF2NO4/c1-5-9(12(21-17-5)13(19)20-2)11(18)10-7(15)3-6(14)4-8(10)16/h3-4,11,18H,1-2H3. The summed E-state index contributed by atoms with van der Waals surface area (Å²) in [6.07, 6.45) is -1.75. The predicted molar refractivity (Wildman–Crippen MR) is 70.7 cm³/mol. The van der Waals surface area contributed by atoms with Crippen molar-refractivity contribution in [3.8, 4) is 0 Å². The number of aromatic nitrogens is 1. The Hall–Kier alpha value is -1.80. The van der Waals surface area contributed by atoms with Crippen LogP contribution in [0.15, 0.2) is 21.1 Å². The average molecular weight is 362 g/mol. The molecular weight excluding hydrogens is 352 g/mol. The Labute approximate surface area is 126 Å². The number of nitrogens with zero attached hydrogens (tertiary/aromatic N) is 1. The SMILES string of the molecule is COC(=O)c1onc(C)c1C(O)c1c(F)cc(Br)cc1F. The zero-order chi connectivity index (χ0) is 15.7. The van der Waals surface area contributed by atoms with Crippen molar-refractivity contribution in [3.05, 3.63) is 50.8 Å². The highest BCUT2D eigenvalue weighted by atomic mass is 79.9. The molecule has 21 heavy (non-hydrogen) atoms. The third kappa shape index (κ3) is 2.81. The van der Waals surface area contributed by atoms with Gasteiger partial charge in [0, 0.05) is 4.47 Å². The summed E-state index contributed by atoms with van der Waals surface area (Å²) in [4.78, 5) is 11.5. The fourth-order valence-electron chi connectivity index (χ4n) is 1.90. The normalized spacial score (nSPS) is 12.3. The Morgan fingerprint density at radius 3 is 2.48 bits per heavy atom. The van der Waals surface area contributed by atoms with Crippen molar-refractivity contribution in [1.82, 2.24) is 5.16 Å². The molecule has 2 rings (SSSR count). The highest BCUT2D eigenvalue weighted by molar-refractivity contribution is 9.10. The molecule has 2 aromatic rings. The lowest BCUT2D eigenvalue weighted by Crippen LogP contribution is -2.11. The van der Waals surface area contributed by atoms with Crippen LogP contribution in [0.3, 0.4) is 0 Å². The van der Waals surface area contributed by atoms with Gasteiger partial charge < -0.3 is 14.4 Å². The van der Waals surface area contributed by atoms with Crippen molar-refractivity contribution in [2.45, 2.75) is 13.0 Å². The lowest BCUT2D eigenvalue weighted by atomic mass is 9.99. The number of methoxy groups -OCH3 is 1. The summed E-state index contributed by atoms with van der Waals surface area (Å²) < 4.78 is 37.2. The van der Waals surface area contributed by atoms with Crippen molar-refractivity contribution in [1.29, 1.82) is 0 Å². The van der Waals surface area contributed by atoms with Gasteiger partial charge in [-0.1, -0.05) is 21.1 Å². The number of aryl methyl sites for hydroxylation is 1. The Morgan fingerprint density at radius 2 is 1.95 bits per heavy atom. The summed E-state index contributed by atoms with van der Waals surface area (Å²) in [5, 5.41) is 13.8. The smallest absolute Gasteiger partial charge is 0.377 e. The molecule has 8 heteroatoms. The van der Waals surface area contributed by atoms with E-state index in [9.17, 15) is 18.7 Å². The van der Waals surface area contributed by atoms with Gasteiger partial charge in [0.25, 0.3) is 5.76 Å². The first-order chi connectivity index (χ1) is 9.86. The first-order valence-electron chi connectivity index (χ1n) is 5.73. The highest BCUT2D eigenvalue weighted by Gasteiger charge is 2.31. The molecule has 0 saturated carbocycles. The number of benzene rings is 1. The van der Waals surface area contributed by atoms with Crippen LogP contribution in [0, 0.1) is 18.6 Å². The van der Waals surface area contributed by atoms with E-state index in [2.05, 4.69) is 25.8 Å². The predicted octanol–water partition coefficient (Wildman–Crippen LogP) is 2.89. The van der Waals surface area contributed by atoms with Crippen LogP contribution >= 0.6 is 15.9 Å². The van der Waals surface area contributed by atoms with Gasteiger partial charge in [0.15, 0.2) is 0 Å². The summed E-state index contributed by atoms with van der Waals surface area (Å²) in [6, 6.07) is 2.00. The average Bonchev–Trinajstić information content (AvgIpc) is 2.78. The fraction of sp³-hybridized carbons (Fsp3) is 0.231. The third-order valence-electron chi connectivity index (χ3n) is 2.87. The Kier molecular flexibility index (Phi) is 4.38. The number of halogens is 3. The van der Waals surface area contributed by atoms with Gasteiger partial charge in [-0.2, -0.15) is 0 Å². The van der Waals surface area contributed by atoms with Crippen molar-refractivity contribution >= 4 is 21.9 Å². The number of ether oxygens (including phenoxy) is 1. The number of aliphatic hydroxyl groups is 1. The van der Waals surface area contributed by atoms with Crippen LogP contribution in [0.4, 0.5) is 8.78 Å². The molecule has 0 radical (unpaired) electrons. The minimum absolute atomic E-state index is 0.129. The van der Waals surface area contributed by atoms with Gasteiger partial charge in [-0.15, -0.1) is 0 Å². The van der Waals surface area contributed by atoms with Crippen molar-refractivity contribution < 1.29 is 27.9 Å².